The van der Waals surface area contributed by atoms with Gasteiger partial charge in [-0.15, -0.1) is 11.3 Å². The molecule has 1 heterocycles. The van der Waals surface area contributed by atoms with Crippen LogP contribution in [0.15, 0.2) is 15.9 Å². The molecular weight excluding hydrogens is 262 g/mol. The second-order valence-corrected chi connectivity index (χ2v) is 5.67. The molecule has 1 aliphatic carbocycles. The lowest BCUT2D eigenvalue weighted by atomic mass is 9.82. The van der Waals surface area contributed by atoms with Gasteiger partial charge in [-0.25, -0.2) is 0 Å². The van der Waals surface area contributed by atoms with Crippen LogP contribution in [0.5, 0.6) is 0 Å². The van der Waals surface area contributed by atoms with E-state index in [0.29, 0.717) is 5.92 Å². The highest BCUT2D eigenvalue weighted by Crippen LogP contribution is 2.27. The van der Waals surface area contributed by atoms with Crippen LogP contribution in [0, 0.1) is 5.92 Å². The topological polar surface area (TPSA) is 32.3 Å². The van der Waals surface area contributed by atoms with Gasteiger partial charge >= 0.3 is 0 Å². The van der Waals surface area contributed by atoms with Crippen molar-refractivity contribution in [2.45, 2.75) is 25.5 Å². The fraction of sp³-hybridized carbons (Fsp3) is 0.600. The second kappa shape index (κ2) is 4.75. The maximum Gasteiger partial charge on any atom is 0.0546 e. The molecule has 1 fully saturated rings. The molecule has 0 saturated heterocycles. The lowest BCUT2D eigenvalue weighted by molar-refractivity contribution is 0.0430. The molecule has 1 aromatic rings. The number of thiophene rings is 1. The maximum absolute atomic E-state index is 9.11. The summed E-state index contributed by atoms with van der Waals surface area (Å²) in [7, 11) is 0. The number of hydrogen-bond acceptors (Lipinski definition) is 3. The van der Waals surface area contributed by atoms with E-state index in [1.165, 1.54) is 9.35 Å². The van der Waals surface area contributed by atoms with Gasteiger partial charge in [0.1, 0.15) is 0 Å². The number of aliphatic hydroxyl groups is 1. The zero-order valence-electron chi connectivity index (χ0n) is 7.87. The smallest absolute Gasteiger partial charge is 0.0546 e. The summed E-state index contributed by atoms with van der Waals surface area (Å²) in [4.78, 5) is 1.35. The van der Waals surface area contributed by atoms with E-state index in [1.54, 1.807) is 11.3 Å². The molecular formula is C10H14BrNOS. The fourth-order valence-corrected chi connectivity index (χ4v) is 3.17. The molecule has 0 radical (unpaired) electrons. The summed E-state index contributed by atoms with van der Waals surface area (Å²) in [6, 6.07) is 2.08. The summed E-state index contributed by atoms with van der Waals surface area (Å²) >= 11 is 5.27. The van der Waals surface area contributed by atoms with Crippen LogP contribution in [0.4, 0.5) is 0 Å². The first-order valence-electron chi connectivity index (χ1n) is 4.86. The van der Waals surface area contributed by atoms with Gasteiger partial charge in [-0.2, -0.15) is 0 Å². The van der Waals surface area contributed by atoms with Crippen molar-refractivity contribution in [1.29, 1.82) is 0 Å². The molecule has 14 heavy (non-hydrogen) atoms. The fourth-order valence-electron chi connectivity index (χ4n) is 1.71. The van der Waals surface area contributed by atoms with Gasteiger partial charge in [-0.1, -0.05) is 0 Å². The normalized spacial score (nSPS) is 26.1. The van der Waals surface area contributed by atoms with Crippen LogP contribution in [0.25, 0.3) is 0 Å². The molecule has 2 N–H and O–H groups in total. The number of aliphatic hydroxyl groups excluding tert-OH is 1. The van der Waals surface area contributed by atoms with E-state index in [0.717, 1.165) is 25.9 Å². The van der Waals surface area contributed by atoms with E-state index < -0.39 is 0 Å². The first kappa shape index (κ1) is 10.6. The molecule has 2 nitrogen and oxygen atoms in total. The minimum absolute atomic E-state index is 0.0322. The third-order valence-electron chi connectivity index (χ3n) is 2.62. The number of halogens is 1. The molecule has 0 atom stereocenters. The van der Waals surface area contributed by atoms with Crippen molar-refractivity contribution in [1.82, 2.24) is 5.32 Å². The van der Waals surface area contributed by atoms with Gasteiger partial charge in [0.15, 0.2) is 0 Å². The monoisotopic (exact) mass is 275 g/mol. The van der Waals surface area contributed by atoms with Crippen LogP contribution in [0.3, 0.4) is 0 Å². The zero-order chi connectivity index (χ0) is 9.97. The first-order valence-corrected chi connectivity index (χ1v) is 6.53. The first-order chi connectivity index (χ1) is 6.75. The average Bonchev–Trinajstić information content (AvgIpc) is 2.49. The van der Waals surface area contributed by atoms with Gasteiger partial charge in [0, 0.05) is 15.9 Å². The lowest BCUT2D eigenvalue weighted by Gasteiger charge is -2.31. The van der Waals surface area contributed by atoms with Crippen LogP contribution in [-0.2, 0) is 6.54 Å². The SMILES string of the molecule is OC1CC(CNCc2sccc2Br)C1. The van der Waals surface area contributed by atoms with Gasteiger partial charge < -0.3 is 10.4 Å². The van der Waals surface area contributed by atoms with Crippen LogP contribution in [-0.4, -0.2) is 17.8 Å². The molecule has 1 aliphatic rings. The van der Waals surface area contributed by atoms with Crippen molar-refractivity contribution in [3.63, 3.8) is 0 Å². The molecule has 0 aromatic carbocycles. The van der Waals surface area contributed by atoms with Crippen molar-refractivity contribution in [2.75, 3.05) is 6.54 Å². The molecule has 0 unspecified atom stereocenters. The Labute approximate surface area is 96.5 Å². The number of rotatable bonds is 4. The molecule has 0 bridgehead atoms. The summed E-state index contributed by atoms with van der Waals surface area (Å²) in [5, 5.41) is 14.6. The standard InChI is InChI=1S/C10H14BrNOS/c11-9-1-2-14-10(9)6-12-5-7-3-8(13)4-7/h1-2,7-8,12-13H,3-6H2. The Morgan fingerprint density at radius 2 is 2.36 bits per heavy atom. The Kier molecular flexibility index (Phi) is 3.60. The van der Waals surface area contributed by atoms with Crippen molar-refractivity contribution in [3.05, 3.63) is 20.8 Å². The summed E-state index contributed by atoms with van der Waals surface area (Å²) < 4.78 is 1.20. The number of nitrogens with one attached hydrogen (secondary N) is 1. The predicted octanol–water partition coefficient (Wildman–Crippen LogP) is 2.37. The quantitative estimate of drug-likeness (QED) is 0.885. The van der Waals surface area contributed by atoms with Gasteiger partial charge in [0.2, 0.25) is 0 Å². The van der Waals surface area contributed by atoms with Crippen molar-refractivity contribution in [3.8, 4) is 0 Å². The molecule has 0 spiro atoms. The molecule has 1 saturated carbocycles. The van der Waals surface area contributed by atoms with E-state index in [-0.39, 0.29) is 6.10 Å². The third-order valence-corrected chi connectivity index (χ3v) is 4.55. The summed E-state index contributed by atoms with van der Waals surface area (Å²) in [6.07, 6.45) is 1.91. The lowest BCUT2D eigenvalue weighted by Crippen LogP contribution is -2.35. The number of hydrogen-bond donors (Lipinski definition) is 2. The highest BCUT2D eigenvalue weighted by molar-refractivity contribution is 9.10. The van der Waals surface area contributed by atoms with Crippen LogP contribution in [0.1, 0.15) is 17.7 Å². The second-order valence-electron chi connectivity index (χ2n) is 3.81. The van der Waals surface area contributed by atoms with Crippen LogP contribution in [0.2, 0.25) is 0 Å². The largest absolute Gasteiger partial charge is 0.393 e. The van der Waals surface area contributed by atoms with Crippen LogP contribution < -0.4 is 5.32 Å². The van der Waals surface area contributed by atoms with Crippen molar-refractivity contribution >= 4 is 27.3 Å². The average molecular weight is 276 g/mol. The Hall–Kier alpha value is 0.100. The Balaban J connectivity index is 1.66. The maximum atomic E-state index is 9.11. The van der Waals surface area contributed by atoms with Crippen molar-refractivity contribution in [2.24, 2.45) is 5.92 Å². The van der Waals surface area contributed by atoms with Gasteiger partial charge in [0.25, 0.3) is 0 Å². The Morgan fingerprint density at radius 1 is 1.57 bits per heavy atom. The molecule has 2 rings (SSSR count). The van der Waals surface area contributed by atoms with E-state index in [2.05, 4.69) is 32.7 Å². The summed E-state index contributed by atoms with van der Waals surface area (Å²) in [5.74, 6) is 0.684. The zero-order valence-corrected chi connectivity index (χ0v) is 10.3. The highest BCUT2D eigenvalue weighted by atomic mass is 79.9. The van der Waals surface area contributed by atoms with E-state index >= 15 is 0 Å². The highest BCUT2D eigenvalue weighted by Gasteiger charge is 2.26. The third kappa shape index (κ3) is 2.57. The van der Waals surface area contributed by atoms with E-state index in [9.17, 15) is 0 Å². The van der Waals surface area contributed by atoms with Crippen molar-refractivity contribution < 1.29 is 5.11 Å². The van der Waals surface area contributed by atoms with E-state index in [1.807, 2.05) is 0 Å². The molecule has 4 heteroatoms. The van der Waals surface area contributed by atoms with Gasteiger partial charge in [0.05, 0.1) is 6.10 Å². The predicted molar refractivity (Wildman–Crippen MR) is 62.5 cm³/mol. The van der Waals surface area contributed by atoms with Gasteiger partial charge in [-0.3, -0.25) is 0 Å². The molecule has 0 amide bonds. The molecule has 0 aliphatic heterocycles. The van der Waals surface area contributed by atoms with Gasteiger partial charge in [-0.05, 0) is 52.7 Å². The molecule has 1 aromatic heterocycles. The Morgan fingerprint density at radius 3 is 2.93 bits per heavy atom. The summed E-state index contributed by atoms with van der Waals surface area (Å²) in [6.45, 7) is 1.96. The van der Waals surface area contributed by atoms with Crippen LogP contribution >= 0.6 is 27.3 Å². The summed E-state index contributed by atoms with van der Waals surface area (Å²) in [5.41, 5.74) is 0. The Bertz CT molecular complexity index is 296. The van der Waals surface area contributed by atoms with E-state index in [4.69, 9.17) is 5.11 Å². The molecule has 78 valence electrons. The minimum atomic E-state index is -0.0322. The minimum Gasteiger partial charge on any atom is -0.393 e.